The van der Waals surface area contributed by atoms with Crippen LogP contribution >= 0.6 is 0 Å². The third-order valence-corrected chi connectivity index (χ3v) is 9.97. The van der Waals surface area contributed by atoms with E-state index < -0.39 is 6.29 Å². The maximum absolute atomic E-state index is 12.9. The number of aliphatic hydroxyl groups is 1. The summed E-state index contributed by atoms with van der Waals surface area (Å²) in [5.74, 6) is 0.955. The zero-order valence-electron chi connectivity index (χ0n) is 17.9. The molecule has 0 radical (unpaired) electrons. The number of aliphatic hydroxyl groups excluding tert-OH is 1. The van der Waals surface area contributed by atoms with E-state index in [0.29, 0.717) is 31.1 Å². The van der Waals surface area contributed by atoms with Crippen LogP contribution in [0.1, 0.15) is 71.6 Å². The molecule has 0 aromatic rings. The Morgan fingerprint density at radius 3 is 2.55 bits per heavy atom. The van der Waals surface area contributed by atoms with Gasteiger partial charge in [0.2, 0.25) is 0 Å². The molecule has 1 heterocycles. The van der Waals surface area contributed by atoms with E-state index in [1.807, 2.05) is 6.08 Å². The fraction of sp³-hybridized carbons (Fsp3) is 0.833. The van der Waals surface area contributed by atoms with Crippen LogP contribution in [0, 0.1) is 34.5 Å². The van der Waals surface area contributed by atoms with Crippen LogP contribution in [0.5, 0.6) is 0 Å². The van der Waals surface area contributed by atoms with Crippen molar-refractivity contribution in [1.29, 1.82) is 0 Å². The van der Waals surface area contributed by atoms with Gasteiger partial charge in [-0.3, -0.25) is 9.59 Å². The standard InChI is InChI=1S/C24H34O5/c1-22-8-4-15(25)12-14(22)13-16(21(27)28-3)20-17(22)5-9-23(2)18(20)6-10-24(23)11-7-19(26)29-24/h12,16-20,26H,4-11,13H2,1-3H3. The van der Waals surface area contributed by atoms with Crippen molar-refractivity contribution in [2.45, 2.75) is 83.5 Å². The third-order valence-electron chi connectivity index (χ3n) is 9.97. The number of esters is 1. The zero-order chi connectivity index (χ0) is 20.6. The van der Waals surface area contributed by atoms with Crippen molar-refractivity contribution >= 4 is 11.8 Å². The molecule has 1 aliphatic heterocycles. The molecule has 0 bridgehead atoms. The third kappa shape index (κ3) is 2.52. The Hall–Kier alpha value is -1.20. The second-order valence-electron chi connectivity index (χ2n) is 10.8. The minimum Gasteiger partial charge on any atom is -0.469 e. The highest BCUT2D eigenvalue weighted by molar-refractivity contribution is 5.92. The molecule has 8 atom stereocenters. The van der Waals surface area contributed by atoms with Gasteiger partial charge in [0.05, 0.1) is 18.6 Å². The van der Waals surface area contributed by atoms with E-state index in [-0.39, 0.29) is 40.0 Å². The van der Waals surface area contributed by atoms with Crippen molar-refractivity contribution in [3.05, 3.63) is 11.6 Å². The summed E-state index contributed by atoms with van der Waals surface area (Å²) >= 11 is 0. The minimum absolute atomic E-state index is 0.0101. The molecular weight excluding hydrogens is 368 g/mol. The average Bonchev–Trinajstić information content (AvgIpc) is 3.22. The number of rotatable bonds is 1. The molecule has 29 heavy (non-hydrogen) atoms. The molecule has 1 saturated heterocycles. The van der Waals surface area contributed by atoms with Gasteiger partial charge in [-0.05, 0) is 79.6 Å². The lowest BCUT2D eigenvalue weighted by atomic mass is 9.44. The lowest BCUT2D eigenvalue weighted by Crippen LogP contribution is -2.58. The molecule has 5 nitrogen and oxygen atoms in total. The highest BCUT2D eigenvalue weighted by Crippen LogP contribution is 2.70. The minimum atomic E-state index is -0.650. The summed E-state index contributed by atoms with van der Waals surface area (Å²) in [6.07, 6.45) is 9.13. The Labute approximate surface area is 173 Å². The predicted octanol–water partition coefficient (Wildman–Crippen LogP) is 3.79. The Morgan fingerprint density at radius 1 is 1.14 bits per heavy atom. The van der Waals surface area contributed by atoms with Crippen LogP contribution in [0.4, 0.5) is 0 Å². The number of hydrogen-bond donors (Lipinski definition) is 1. The first-order chi connectivity index (χ1) is 13.7. The van der Waals surface area contributed by atoms with Crippen molar-refractivity contribution in [3.63, 3.8) is 0 Å². The van der Waals surface area contributed by atoms with Gasteiger partial charge in [-0.15, -0.1) is 0 Å². The Morgan fingerprint density at radius 2 is 1.86 bits per heavy atom. The summed E-state index contributed by atoms with van der Waals surface area (Å²) in [4.78, 5) is 25.1. The molecule has 0 amide bonds. The van der Waals surface area contributed by atoms with Crippen LogP contribution in [-0.4, -0.2) is 35.9 Å². The highest BCUT2D eigenvalue weighted by Gasteiger charge is 2.68. The van der Waals surface area contributed by atoms with Crippen LogP contribution in [0.25, 0.3) is 0 Å². The summed E-state index contributed by atoms with van der Waals surface area (Å²) in [6, 6.07) is 0. The maximum atomic E-state index is 12.9. The predicted molar refractivity (Wildman–Crippen MR) is 107 cm³/mol. The molecule has 4 aliphatic carbocycles. The summed E-state index contributed by atoms with van der Waals surface area (Å²) < 4.78 is 11.5. The largest absolute Gasteiger partial charge is 0.469 e. The number of ketones is 1. The normalized spacial score (nSPS) is 51.2. The molecule has 0 aromatic carbocycles. The first-order valence-corrected chi connectivity index (χ1v) is 11.4. The van der Waals surface area contributed by atoms with Gasteiger partial charge in [0, 0.05) is 12.8 Å². The van der Waals surface area contributed by atoms with Crippen molar-refractivity contribution in [1.82, 2.24) is 0 Å². The zero-order valence-corrected chi connectivity index (χ0v) is 17.9. The SMILES string of the molecule is COC(=O)C1CC2=CC(=O)CCC2(C)C2CCC3(C)C(CCC34CCC(O)O4)C12. The van der Waals surface area contributed by atoms with Crippen molar-refractivity contribution in [2.75, 3.05) is 7.11 Å². The number of allylic oxidation sites excluding steroid dienone is 1. The van der Waals surface area contributed by atoms with Gasteiger partial charge < -0.3 is 14.6 Å². The fourth-order valence-corrected chi connectivity index (χ4v) is 8.39. The number of fused-ring (bicyclic) bond motifs is 6. The van der Waals surface area contributed by atoms with Gasteiger partial charge in [-0.2, -0.15) is 0 Å². The quantitative estimate of drug-likeness (QED) is 0.676. The molecule has 1 N–H and O–H groups in total. The maximum Gasteiger partial charge on any atom is 0.309 e. The van der Waals surface area contributed by atoms with Gasteiger partial charge in [0.15, 0.2) is 12.1 Å². The number of carbonyl (C=O) groups excluding carboxylic acids is 2. The van der Waals surface area contributed by atoms with Gasteiger partial charge >= 0.3 is 5.97 Å². The Bertz CT molecular complexity index is 773. The molecule has 0 aromatic heterocycles. The smallest absolute Gasteiger partial charge is 0.309 e. The number of carbonyl (C=O) groups is 2. The topological polar surface area (TPSA) is 72.8 Å². The van der Waals surface area contributed by atoms with Gasteiger partial charge in [-0.25, -0.2) is 0 Å². The summed E-state index contributed by atoms with van der Waals surface area (Å²) in [7, 11) is 1.49. The van der Waals surface area contributed by atoms with E-state index in [1.54, 1.807) is 0 Å². The fourth-order valence-electron chi connectivity index (χ4n) is 8.39. The van der Waals surface area contributed by atoms with E-state index in [9.17, 15) is 14.7 Å². The van der Waals surface area contributed by atoms with Gasteiger partial charge in [0.1, 0.15) is 0 Å². The van der Waals surface area contributed by atoms with Crippen LogP contribution < -0.4 is 0 Å². The van der Waals surface area contributed by atoms with Gasteiger partial charge in [-0.1, -0.05) is 19.4 Å². The monoisotopic (exact) mass is 402 g/mol. The van der Waals surface area contributed by atoms with Crippen LogP contribution in [0.2, 0.25) is 0 Å². The lowest BCUT2D eigenvalue weighted by Gasteiger charge is -2.60. The molecular formula is C24H34O5. The van der Waals surface area contributed by atoms with E-state index in [0.717, 1.165) is 38.5 Å². The van der Waals surface area contributed by atoms with E-state index in [2.05, 4.69) is 13.8 Å². The van der Waals surface area contributed by atoms with Crippen LogP contribution in [-0.2, 0) is 19.1 Å². The number of hydrogen-bond acceptors (Lipinski definition) is 5. The molecule has 8 unspecified atom stereocenters. The molecule has 5 aliphatic rings. The molecule has 3 saturated carbocycles. The lowest BCUT2D eigenvalue weighted by molar-refractivity contribution is -0.202. The number of ether oxygens (including phenoxy) is 2. The summed E-state index contributed by atoms with van der Waals surface area (Å²) in [5.41, 5.74) is 0.924. The van der Waals surface area contributed by atoms with Crippen molar-refractivity contribution in [3.8, 4) is 0 Å². The van der Waals surface area contributed by atoms with Crippen LogP contribution in [0.3, 0.4) is 0 Å². The molecule has 5 rings (SSSR count). The Kier molecular flexibility index (Phi) is 4.36. The van der Waals surface area contributed by atoms with E-state index in [1.165, 1.54) is 12.7 Å². The summed E-state index contributed by atoms with van der Waals surface area (Å²) in [5, 5.41) is 10.2. The van der Waals surface area contributed by atoms with Gasteiger partial charge in [0.25, 0.3) is 0 Å². The van der Waals surface area contributed by atoms with E-state index in [4.69, 9.17) is 9.47 Å². The second kappa shape index (κ2) is 6.40. The molecule has 5 heteroatoms. The number of methoxy groups -OCH3 is 1. The highest BCUT2D eigenvalue weighted by atomic mass is 16.6. The van der Waals surface area contributed by atoms with Crippen molar-refractivity contribution < 1.29 is 24.2 Å². The first kappa shape index (κ1) is 19.7. The molecule has 1 spiro atoms. The first-order valence-electron chi connectivity index (χ1n) is 11.4. The van der Waals surface area contributed by atoms with Crippen molar-refractivity contribution in [2.24, 2.45) is 34.5 Å². The van der Waals surface area contributed by atoms with Crippen LogP contribution in [0.15, 0.2) is 11.6 Å². The molecule has 4 fully saturated rings. The average molecular weight is 403 g/mol. The summed E-state index contributed by atoms with van der Waals surface area (Å²) in [6.45, 7) is 4.69. The molecule has 160 valence electrons. The van der Waals surface area contributed by atoms with E-state index >= 15 is 0 Å². The Balaban J connectivity index is 1.57. The second-order valence-corrected chi connectivity index (χ2v) is 10.8.